The van der Waals surface area contributed by atoms with Crippen LogP contribution in [0.4, 0.5) is 5.82 Å². The molecule has 1 saturated heterocycles. The first-order valence-corrected chi connectivity index (χ1v) is 8.91. The number of hydrogen-bond donors (Lipinski definition) is 0. The molecule has 0 N–H and O–H groups in total. The maximum atomic E-state index is 12.9. The lowest BCUT2D eigenvalue weighted by Crippen LogP contribution is -2.49. The van der Waals surface area contributed by atoms with Gasteiger partial charge in [0.05, 0.1) is 12.2 Å². The van der Waals surface area contributed by atoms with Gasteiger partial charge in [-0.2, -0.15) is 5.26 Å². The summed E-state index contributed by atoms with van der Waals surface area (Å²) in [5, 5.41) is 9.24. The Morgan fingerprint density at radius 3 is 2.85 bits per heavy atom. The van der Waals surface area contributed by atoms with E-state index in [1.807, 2.05) is 23.1 Å². The van der Waals surface area contributed by atoms with Gasteiger partial charge in [-0.15, -0.1) is 0 Å². The summed E-state index contributed by atoms with van der Waals surface area (Å²) in [6.07, 6.45) is 3.65. The molecule has 1 fully saturated rings. The molecule has 0 bridgehead atoms. The second-order valence-corrected chi connectivity index (χ2v) is 6.54. The van der Waals surface area contributed by atoms with Crippen LogP contribution in [0.2, 0.25) is 0 Å². The standard InChI is InChI=1S/C20H20N4O2/c21-14-17-3-1-7-22-19(17)23-8-10-24(11-9-23)20(25)16-5-6-18-15(13-16)4-2-12-26-18/h1,3,5-7,13H,2,4,8-12H2. The average molecular weight is 348 g/mol. The monoisotopic (exact) mass is 348 g/mol. The van der Waals surface area contributed by atoms with Gasteiger partial charge >= 0.3 is 0 Å². The van der Waals surface area contributed by atoms with Gasteiger partial charge in [0.25, 0.3) is 5.91 Å². The molecule has 0 unspecified atom stereocenters. The van der Waals surface area contributed by atoms with E-state index in [0.717, 1.165) is 36.3 Å². The molecule has 4 rings (SSSR count). The summed E-state index contributed by atoms with van der Waals surface area (Å²) in [6.45, 7) is 3.33. The van der Waals surface area contributed by atoms with Crippen LogP contribution in [0.3, 0.4) is 0 Å². The van der Waals surface area contributed by atoms with E-state index >= 15 is 0 Å². The Bertz CT molecular complexity index is 866. The van der Waals surface area contributed by atoms with E-state index < -0.39 is 0 Å². The van der Waals surface area contributed by atoms with Crippen molar-refractivity contribution in [1.29, 1.82) is 5.26 Å². The second kappa shape index (κ2) is 7.04. The summed E-state index contributed by atoms with van der Waals surface area (Å²) in [5.41, 5.74) is 2.41. The Labute approximate surface area is 152 Å². The molecule has 1 amide bonds. The van der Waals surface area contributed by atoms with Crippen molar-refractivity contribution >= 4 is 11.7 Å². The maximum Gasteiger partial charge on any atom is 0.253 e. The smallest absolute Gasteiger partial charge is 0.253 e. The number of amides is 1. The van der Waals surface area contributed by atoms with Crippen LogP contribution in [0.25, 0.3) is 0 Å². The molecule has 3 heterocycles. The number of fused-ring (bicyclic) bond motifs is 1. The van der Waals surface area contributed by atoms with Crippen molar-refractivity contribution in [3.05, 3.63) is 53.2 Å². The maximum absolute atomic E-state index is 12.9. The van der Waals surface area contributed by atoms with Crippen molar-refractivity contribution in [2.24, 2.45) is 0 Å². The lowest BCUT2D eigenvalue weighted by atomic mass is 10.0. The highest BCUT2D eigenvalue weighted by Crippen LogP contribution is 2.26. The fourth-order valence-corrected chi connectivity index (χ4v) is 3.53. The number of nitrogens with zero attached hydrogens (tertiary/aromatic N) is 4. The first kappa shape index (κ1) is 16.4. The predicted molar refractivity (Wildman–Crippen MR) is 97.3 cm³/mol. The van der Waals surface area contributed by atoms with Crippen molar-refractivity contribution in [3.8, 4) is 11.8 Å². The number of aromatic nitrogens is 1. The molecule has 0 saturated carbocycles. The summed E-state index contributed by atoms with van der Waals surface area (Å²) >= 11 is 0. The molecule has 0 atom stereocenters. The molecular formula is C20H20N4O2. The number of benzene rings is 1. The van der Waals surface area contributed by atoms with E-state index in [1.165, 1.54) is 0 Å². The Balaban J connectivity index is 1.45. The van der Waals surface area contributed by atoms with Crippen molar-refractivity contribution in [1.82, 2.24) is 9.88 Å². The summed E-state index contributed by atoms with van der Waals surface area (Å²) in [6, 6.07) is 11.5. The Morgan fingerprint density at radius 1 is 1.19 bits per heavy atom. The van der Waals surface area contributed by atoms with Crippen molar-refractivity contribution in [2.75, 3.05) is 37.7 Å². The lowest BCUT2D eigenvalue weighted by molar-refractivity contribution is 0.0746. The van der Waals surface area contributed by atoms with Crippen LogP contribution in [0.5, 0.6) is 5.75 Å². The average Bonchev–Trinajstić information content (AvgIpc) is 2.73. The molecule has 6 nitrogen and oxygen atoms in total. The Morgan fingerprint density at radius 2 is 2.04 bits per heavy atom. The van der Waals surface area contributed by atoms with E-state index in [-0.39, 0.29) is 5.91 Å². The van der Waals surface area contributed by atoms with E-state index in [9.17, 15) is 10.1 Å². The summed E-state index contributed by atoms with van der Waals surface area (Å²) in [7, 11) is 0. The fourth-order valence-electron chi connectivity index (χ4n) is 3.53. The number of aryl methyl sites for hydroxylation is 1. The first-order chi connectivity index (χ1) is 12.8. The zero-order valence-electron chi connectivity index (χ0n) is 14.5. The number of carbonyl (C=O) groups is 1. The van der Waals surface area contributed by atoms with Crippen LogP contribution >= 0.6 is 0 Å². The summed E-state index contributed by atoms with van der Waals surface area (Å²) in [4.78, 5) is 21.1. The molecule has 2 aromatic rings. The molecule has 0 aliphatic carbocycles. The molecule has 0 radical (unpaired) electrons. The number of ether oxygens (including phenoxy) is 1. The normalized spacial score (nSPS) is 16.4. The molecule has 0 spiro atoms. The SMILES string of the molecule is N#Cc1cccnc1N1CCN(C(=O)c2ccc3c(c2)CCCO3)CC1. The van der Waals surface area contributed by atoms with Crippen molar-refractivity contribution in [2.45, 2.75) is 12.8 Å². The third-order valence-corrected chi connectivity index (χ3v) is 4.93. The van der Waals surface area contributed by atoms with Gasteiger partial charge in [0.1, 0.15) is 17.6 Å². The topological polar surface area (TPSA) is 69.5 Å². The molecule has 6 heteroatoms. The molecule has 2 aliphatic rings. The van der Waals surface area contributed by atoms with Gasteiger partial charge in [0.2, 0.25) is 0 Å². The van der Waals surface area contributed by atoms with E-state index in [2.05, 4.69) is 16.0 Å². The van der Waals surface area contributed by atoms with E-state index in [0.29, 0.717) is 37.6 Å². The van der Waals surface area contributed by atoms with Gasteiger partial charge in [-0.25, -0.2) is 4.98 Å². The molecule has 2 aliphatic heterocycles. The molecule has 132 valence electrons. The zero-order chi connectivity index (χ0) is 17.9. The molecule has 1 aromatic carbocycles. The minimum atomic E-state index is 0.0551. The second-order valence-electron chi connectivity index (χ2n) is 6.54. The Kier molecular flexibility index (Phi) is 4.44. The van der Waals surface area contributed by atoms with Gasteiger partial charge in [0.15, 0.2) is 0 Å². The van der Waals surface area contributed by atoms with Crippen LogP contribution in [-0.2, 0) is 6.42 Å². The number of anilines is 1. The van der Waals surface area contributed by atoms with Crippen LogP contribution in [0, 0.1) is 11.3 Å². The zero-order valence-corrected chi connectivity index (χ0v) is 14.5. The highest BCUT2D eigenvalue weighted by molar-refractivity contribution is 5.94. The van der Waals surface area contributed by atoms with Gasteiger partial charge in [-0.1, -0.05) is 0 Å². The van der Waals surface area contributed by atoms with Gasteiger partial charge in [0, 0.05) is 37.9 Å². The van der Waals surface area contributed by atoms with Crippen molar-refractivity contribution in [3.63, 3.8) is 0 Å². The molecular weight excluding hydrogens is 328 g/mol. The number of hydrogen-bond acceptors (Lipinski definition) is 5. The quantitative estimate of drug-likeness (QED) is 0.832. The number of carbonyl (C=O) groups excluding carboxylic acids is 1. The van der Waals surface area contributed by atoms with Crippen molar-refractivity contribution < 1.29 is 9.53 Å². The lowest BCUT2D eigenvalue weighted by Gasteiger charge is -2.35. The predicted octanol–water partition coefficient (Wildman–Crippen LogP) is 2.24. The number of rotatable bonds is 2. The summed E-state index contributed by atoms with van der Waals surface area (Å²) < 4.78 is 5.62. The first-order valence-electron chi connectivity index (χ1n) is 8.91. The Hall–Kier alpha value is -3.07. The summed E-state index contributed by atoms with van der Waals surface area (Å²) in [5.74, 6) is 1.66. The van der Waals surface area contributed by atoms with E-state index in [1.54, 1.807) is 18.3 Å². The number of piperazine rings is 1. The van der Waals surface area contributed by atoms with Crippen LogP contribution < -0.4 is 9.64 Å². The van der Waals surface area contributed by atoms with E-state index in [4.69, 9.17) is 4.74 Å². The van der Waals surface area contributed by atoms with Gasteiger partial charge in [-0.3, -0.25) is 4.79 Å². The van der Waals surface area contributed by atoms with Crippen LogP contribution in [-0.4, -0.2) is 48.6 Å². The fraction of sp³-hybridized carbons (Fsp3) is 0.350. The van der Waals surface area contributed by atoms with Gasteiger partial charge in [-0.05, 0) is 48.7 Å². The highest BCUT2D eigenvalue weighted by atomic mass is 16.5. The minimum absolute atomic E-state index is 0.0551. The van der Waals surface area contributed by atoms with Crippen LogP contribution in [0.15, 0.2) is 36.5 Å². The van der Waals surface area contributed by atoms with Gasteiger partial charge < -0.3 is 14.5 Å². The molecule has 1 aromatic heterocycles. The number of pyridine rings is 1. The number of nitriles is 1. The highest BCUT2D eigenvalue weighted by Gasteiger charge is 2.25. The third-order valence-electron chi connectivity index (χ3n) is 4.93. The minimum Gasteiger partial charge on any atom is -0.493 e. The molecule has 26 heavy (non-hydrogen) atoms. The van der Waals surface area contributed by atoms with Crippen LogP contribution in [0.1, 0.15) is 27.9 Å². The third kappa shape index (κ3) is 3.08. The largest absolute Gasteiger partial charge is 0.493 e.